The first-order valence-corrected chi connectivity index (χ1v) is 9.08. The van der Waals surface area contributed by atoms with E-state index in [1.54, 1.807) is 19.6 Å². The molecule has 152 valence electrons. The average Bonchev–Trinajstić information content (AvgIpc) is 3.18. The first-order valence-electron chi connectivity index (χ1n) is 9.08. The highest BCUT2D eigenvalue weighted by Crippen LogP contribution is 2.32. The van der Waals surface area contributed by atoms with Crippen LogP contribution in [0.25, 0.3) is 0 Å². The molecule has 1 aliphatic heterocycles. The number of benzene rings is 1. The van der Waals surface area contributed by atoms with Crippen LogP contribution in [0, 0.1) is 11.7 Å². The monoisotopic (exact) mass is 397 g/mol. The fourth-order valence-corrected chi connectivity index (χ4v) is 3.57. The summed E-state index contributed by atoms with van der Waals surface area (Å²) in [6, 6.07) is 2.92. The van der Waals surface area contributed by atoms with Crippen LogP contribution in [0.15, 0.2) is 41.9 Å². The normalized spacial score (nSPS) is 21.1. The van der Waals surface area contributed by atoms with Gasteiger partial charge >= 0.3 is 6.18 Å². The van der Waals surface area contributed by atoms with Crippen molar-refractivity contribution >= 4 is 5.96 Å². The molecule has 0 aliphatic carbocycles. The van der Waals surface area contributed by atoms with E-state index in [4.69, 9.17) is 0 Å². The SMILES string of the molecule is CN=C(NCc1ccc(F)cc1C(F)(F)F)N1CCC(C)C(n2ccnc2)C1. The van der Waals surface area contributed by atoms with Gasteiger partial charge in [-0.05, 0) is 30.0 Å². The lowest BCUT2D eigenvalue weighted by atomic mass is 9.93. The Kier molecular flexibility index (Phi) is 5.90. The van der Waals surface area contributed by atoms with Crippen LogP contribution in [-0.2, 0) is 12.7 Å². The van der Waals surface area contributed by atoms with E-state index >= 15 is 0 Å². The third-order valence-electron chi connectivity index (χ3n) is 5.15. The van der Waals surface area contributed by atoms with Crippen LogP contribution in [0.1, 0.15) is 30.5 Å². The summed E-state index contributed by atoms with van der Waals surface area (Å²) in [5, 5.41) is 3.00. The quantitative estimate of drug-likeness (QED) is 0.488. The second-order valence-corrected chi connectivity index (χ2v) is 6.99. The molecular weight excluding hydrogens is 374 g/mol. The molecule has 0 bridgehead atoms. The molecular formula is C19H23F4N5. The molecule has 5 nitrogen and oxygen atoms in total. The van der Waals surface area contributed by atoms with Gasteiger partial charge in [-0.1, -0.05) is 13.0 Å². The molecule has 0 spiro atoms. The van der Waals surface area contributed by atoms with Gasteiger partial charge < -0.3 is 14.8 Å². The van der Waals surface area contributed by atoms with Gasteiger partial charge in [-0.25, -0.2) is 9.37 Å². The molecule has 2 atom stereocenters. The Balaban J connectivity index is 1.72. The highest BCUT2D eigenvalue weighted by molar-refractivity contribution is 5.80. The number of piperidine rings is 1. The zero-order valence-corrected chi connectivity index (χ0v) is 15.7. The van der Waals surface area contributed by atoms with Crippen molar-refractivity contribution in [1.29, 1.82) is 0 Å². The van der Waals surface area contributed by atoms with Gasteiger partial charge in [0, 0.05) is 39.1 Å². The Morgan fingerprint density at radius 2 is 2.14 bits per heavy atom. The lowest BCUT2D eigenvalue weighted by molar-refractivity contribution is -0.138. The number of alkyl halides is 3. The van der Waals surface area contributed by atoms with Gasteiger partial charge in [-0.2, -0.15) is 13.2 Å². The molecule has 0 saturated carbocycles. The lowest BCUT2D eigenvalue weighted by Crippen LogP contribution is -2.48. The van der Waals surface area contributed by atoms with Crippen molar-refractivity contribution in [3.63, 3.8) is 0 Å². The first kappa shape index (κ1) is 20.2. The number of likely N-dealkylation sites (tertiary alicyclic amines) is 1. The summed E-state index contributed by atoms with van der Waals surface area (Å²) in [7, 11) is 1.60. The molecule has 28 heavy (non-hydrogen) atoms. The van der Waals surface area contributed by atoms with Gasteiger partial charge in [0.1, 0.15) is 5.82 Å². The fraction of sp³-hybridized carbons (Fsp3) is 0.474. The Labute approximate surface area is 161 Å². The summed E-state index contributed by atoms with van der Waals surface area (Å²) in [4.78, 5) is 10.4. The summed E-state index contributed by atoms with van der Waals surface area (Å²) < 4.78 is 54.9. The van der Waals surface area contributed by atoms with Crippen LogP contribution in [0.4, 0.5) is 17.6 Å². The van der Waals surface area contributed by atoms with E-state index in [0.29, 0.717) is 24.5 Å². The highest BCUT2D eigenvalue weighted by atomic mass is 19.4. The van der Waals surface area contributed by atoms with Gasteiger partial charge in [-0.3, -0.25) is 4.99 Å². The van der Waals surface area contributed by atoms with Crippen molar-refractivity contribution in [3.05, 3.63) is 53.9 Å². The largest absolute Gasteiger partial charge is 0.416 e. The zero-order chi connectivity index (χ0) is 20.3. The van der Waals surface area contributed by atoms with Crippen molar-refractivity contribution in [2.75, 3.05) is 20.1 Å². The molecule has 1 aliphatic rings. The van der Waals surface area contributed by atoms with E-state index in [1.165, 1.54) is 0 Å². The minimum Gasteiger partial charge on any atom is -0.352 e. The maximum absolute atomic E-state index is 13.3. The number of halogens is 4. The van der Waals surface area contributed by atoms with Crippen LogP contribution in [0.3, 0.4) is 0 Å². The summed E-state index contributed by atoms with van der Waals surface area (Å²) in [6.07, 6.45) is 1.72. The number of aliphatic imine (C=N–C) groups is 1. The van der Waals surface area contributed by atoms with E-state index in [-0.39, 0.29) is 18.2 Å². The first-order chi connectivity index (χ1) is 13.3. The molecule has 1 aromatic heterocycles. The van der Waals surface area contributed by atoms with Crippen molar-refractivity contribution in [3.8, 4) is 0 Å². The van der Waals surface area contributed by atoms with Crippen molar-refractivity contribution in [2.24, 2.45) is 10.9 Å². The molecule has 1 N–H and O–H groups in total. The Hall–Kier alpha value is -2.58. The predicted octanol–water partition coefficient (Wildman–Crippen LogP) is 3.70. The molecule has 2 heterocycles. The number of rotatable bonds is 3. The van der Waals surface area contributed by atoms with E-state index in [9.17, 15) is 17.6 Å². The summed E-state index contributed by atoms with van der Waals surface area (Å²) in [5.41, 5.74) is -0.995. The topological polar surface area (TPSA) is 45.5 Å². The van der Waals surface area contributed by atoms with Crippen LogP contribution < -0.4 is 5.32 Å². The van der Waals surface area contributed by atoms with Gasteiger partial charge in [-0.15, -0.1) is 0 Å². The number of guanidine groups is 1. The van der Waals surface area contributed by atoms with Crippen LogP contribution in [0.2, 0.25) is 0 Å². The number of nitrogens with one attached hydrogen (secondary N) is 1. The van der Waals surface area contributed by atoms with Crippen molar-refractivity contribution in [1.82, 2.24) is 19.8 Å². The summed E-state index contributed by atoms with van der Waals surface area (Å²) >= 11 is 0. The predicted molar refractivity (Wildman–Crippen MR) is 98.2 cm³/mol. The fourth-order valence-electron chi connectivity index (χ4n) is 3.57. The Bertz CT molecular complexity index is 816. The summed E-state index contributed by atoms with van der Waals surface area (Å²) in [6.45, 7) is 3.50. The molecule has 0 radical (unpaired) electrons. The van der Waals surface area contributed by atoms with Gasteiger partial charge in [0.25, 0.3) is 0 Å². The Morgan fingerprint density at radius 3 is 2.79 bits per heavy atom. The number of aromatic nitrogens is 2. The molecule has 3 rings (SSSR count). The zero-order valence-electron chi connectivity index (χ0n) is 15.7. The number of imidazole rings is 1. The van der Waals surface area contributed by atoms with Gasteiger partial charge in [0.05, 0.1) is 17.9 Å². The average molecular weight is 397 g/mol. The van der Waals surface area contributed by atoms with Crippen LogP contribution in [0.5, 0.6) is 0 Å². The highest BCUT2D eigenvalue weighted by Gasteiger charge is 2.34. The van der Waals surface area contributed by atoms with Gasteiger partial charge in [0.15, 0.2) is 5.96 Å². The maximum Gasteiger partial charge on any atom is 0.416 e. The van der Waals surface area contributed by atoms with Crippen LogP contribution >= 0.6 is 0 Å². The minimum atomic E-state index is -4.62. The summed E-state index contributed by atoms with van der Waals surface area (Å²) in [5.74, 6) is 0.0561. The van der Waals surface area contributed by atoms with Crippen LogP contribution in [-0.4, -0.2) is 40.5 Å². The number of hydrogen-bond donors (Lipinski definition) is 1. The molecule has 1 fully saturated rings. The van der Waals surface area contributed by atoms with E-state index in [2.05, 4.69) is 22.2 Å². The van der Waals surface area contributed by atoms with Gasteiger partial charge in [0.2, 0.25) is 0 Å². The number of nitrogens with zero attached hydrogens (tertiary/aromatic N) is 4. The lowest BCUT2D eigenvalue weighted by Gasteiger charge is -2.39. The Morgan fingerprint density at radius 1 is 1.36 bits per heavy atom. The molecule has 0 amide bonds. The molecule has 1 aromatic carbocycles. The molecule has 1 saturated heterocycles. The second kappa shape index (κ2) is 8.20. The van der Waals surface area contributed by atoms with E-state index in [0.717, 1.165) is 25.1 Å². The smallest absolute Gasteiger partial charge is 0.352 e. The third kappa shape index (κ3) is 4.45. The third-order valence-corrected chi connectivity index (χ3v) is 5.15. The standard InChI is InChI=1S/C19H23F4N5/c1-13-5-7-27(11-17(13)28-8-6-25-12-28)18(24-2)26-10-14-3-4-15(20)9-16(14)19(21,22)23/h3-4,6,8-9,12-13,17H,5,7,10-11H2,1-2H3,(H,24,26). The molecule has 2 aromatic rings. The number of hydrogen-bond acceptors (Lipinski definition) is 2. The maximum atomic E-state index is 13.3. The van der Waals surface area contributed by atoms with E-state index < -0.39 is 17.6 Å². The molecule has 2 unspecified atom stereocenters. The van der Waals surface area contributed by atoms with E-state index in [1.807, 2.05) is 15.7 Å². The van der Waals surface area contributed by atoms with Crippen molar-refractivity contribution < 1.29 is 17.6 Å². The molecule has 9 heteroatoms. The van der Waals surface area contributed by atoms with Crippen molar-refractivity contribution in [2.45, 2.75) is 32.1 Å². The second-order valence-electron chi connectivity index (χ2n) is 6.99. The minimum absolute atomic E-state index is 0.0217.